The van der Waals surface area contributed by atoms with Crippen LogP contribution in [0, 0.1) is 0 Å². The van der Waals surface area contributed by atoms with E-state index in [1.54, 1.807) is 0 Å². The summed E-state index contributed by atoms with van der Waals surface area (Å²) in [5, 5.41) is 0. The predicted molar refractivity (Wildman–Crippen MR) is 202 cm³/mol. The number of allylic oxidation sites excluding steroid dienone is 2. The summed E-state index contributed by atoms with van der Waals surface area (Å²) in [6.45, 7) is 29.5. The number of rotatable bonds is 8. The quantitative estimate of drug-likeness (QED) is 0.149. The molecule has 3 aromatic carbocycles. The number of nitrogens with two attached hydrogens (primary N) is 1. The van der Waals surface area contributed by atoms with Gasteiger partial charge in [0.05, 0.1) is 16.1 Å². The smallest absolute Gasteiger partial charge is 0.187 e. The number of benzene rings is 3. The molecular weight excluding hydrogens is 603 g/mol. The molecule has 3 aromatic rings. The van der Waals surface area contributed by atoms with Crippen LogP contribution in [0.2, 0.25) is 83.2 Å². The van der Waals surface area contributed by atoms with E-state index in [9.17, 15) is 0 Å². The van der Waals surface area contributed by atoms with Crippen LogP contribution in [0.1, 0.15) is 22.3 Å². The molecule has 2 aliphatic rings. The third kappa shape index (κ3) is 5.23. The Morgan fingerprint density at radius 2 is 1.05 bits per heavy atom. The maximum atomic E-state index is 7.95. The molecule has 0 bridgehead atoms. The molecule has 2 aliphatic carbocycles. The molecule has 0 aliphatic heterocycles. The molecule has 0 atom stereocenters. The highest BCUT2D eigenvalue weighted by atomic mass is 28.4. The minimum absolute atomic E-state index is 0.372. The molecule has 7 heteroatoms. The Balaban J connectivity index is 2.18. The number of nitrogen functional groups attached to an aromatic ring is 1. The van der Waals surface area contributed by atoms with E-state index < -0.39 is 38.6 Å². The predicted octanol–water partition coefficient (Wildman–Crippen LogP) is 10.6. The minimum atomic E-state index is -2.27. The van der Waals surface area contributed by atoms with Gasteiger partial charge in [-0.25, -0.2) is 0 Å². The van der Waals surface area contributed by atoms with Gasteiger partial charge in [-0.05, 0) is 85.2 Å². The largest absolute Gasteiger partial charge is 0.398 e. The lowest BCUT2D eigenvalue weighted by Crippen LogP contribution is -2.72. The third-order valence-corrected chi connectivity index (χ3v) is 21.1. The van der Waals surface area contributed by atoms with Crippen LogP contribution >= 0.6 is 0 Å². The average Bonchev–Trinajstić information content (AvgIpc) is 3.27. The van der Waals surface area contributed by atoms with Crippen molar-refractivity contribution in [2.24, 2.45) is 0 Å². The topological polar surface area (TPSA) is 44.5 Å². The van der Waals surface area contributed by atoms with Crippen LogP contribution in [0.5, 0.6) is 0 Å². The van der Waals surface area contributed by atoms with Gasteiger partial charge in [0.1, 0.15) is 0 Å². The van der Waals surface area contributed by atoms with E-state index in [0.717, 1.165) is 17.7 Å². The molecule has 0 radical (unpaired) electrons. The van der Waals surface area contributed by atoms with Crippen molar-refractivity contribution in [2.45, 2.75) is 95.4 Å². The van der Waals surface area contributed by atoms with E-state index in [2.05, 4.69) is 157 Å². The first-order valence-corrected chi connectivity index (χ1v) is 29.9. The number of hydrogen-bond acceptors (Lipinski definition) is 3. The van der Waals surface area contributed by atoms with E-state index in [-0.39, 0.29) is 4.66 Å². The van der Waals surface area contributed by atoms with Gasteiger partial charge >= 0.3 is 0 Å². The Morgan fingerprint density at radius 3 is 1.50 bits per heavy atom. The first kappa shape index (κ1) is 33.1. The van der Waals surface area contributed by atoms with Crippen LogP contribution in [0.15, 0.2) is 84.4 Å². The van der Waals surface area contributed by atoms with Crippen molar-refractivity contribution in [2.75, 3.05) is 5.73 Å². The van der Waals surface area contributed by atoms with Crippen LogP contribution < -0.4 is 5.73 Å². The summed E-state index contributed by atoms with van der Waals surface area (Å²) in [4.78, 5) is 0. The maximum Gasteiger partial charge on any atom is 0.187 e. The Hall–Kier alpha value is -2.27. The maximum absolute atomic E-state index is 7.95. The van der Waals surface area contributed by atoms with E-state index >= 15 is 0 Å². The van der Waals surface area contributed by atoms with Crippen molar-refractivity contribution in [3.8, 4) is 0 Å². The number of anilines is 1. The second kappa shape index (κ2) is 10.9. The molecule has 0 spiro atoms. The SMILES string of the molecule is C[Si](C)(C)OC1(O[Si](C)(C)C)C2=C(Cc3cccc(N)c32)C(c2ccccc2)=C(c2ccccc2)C1([Si](C)(C)C)[Si](C)(C)C. The minimum Gasteiger partial charge on any atom is -0.398 e. The first-order chi connectivity index (χ1) is 20.3. The van der Waals surface area contributed by atoms with Crippen LogP contribution in [0.4, 0.5) is 5.69 Å². The molecule has 3 nitrogen and oxygen atoms in total. The highest BCUT2D eigenvalue weighted by molar-refractivity contribution is 7.02. The Morgan fingerprint density at radius 1 is 0.568 bits per heavy atom. The lowest BCUT2D eigenvalue weighted by Gasteiger charge is -2.67. The zero-order chi connectivity index (χ0) is 32.5. The fourth-order valence-corrected chi connectivity index (χ4v) is 24.9. The van der Waals surface area contributed by atoms with E-state index in [1.807, 2.05) is 0 Å². The second-order valence-electron chi connectivity index (χ2n) is 16.7. The van der Waals surface area contributed by atoms with Gasteiger partial charge in [0, 0.05) is 21.5 Å². The van der Waals surface area contributed by atoms with Gasteiger partial charge in [-0.1, -0.05) is 112 Å². The van der Waals surface area contributed by atoms with Gasteiger partial charge < -0.3 is 14.6 Å². The summed E-state index contributed by atoms with van der Waals surface area (Å²) in [6, 6.07) is 28.8. The van der Waals surface area contributed by atoms with Gasteiger partial charge in [0.2, 0.25) is 0 Å². The van der Waals surface area contributed by atoms with Gasteiger partial charge in [0.25, 0.3) is 0 Å². The molecular formula is C37H53NO2Si4. The van der Waals surface area contributed by atoms with E-state index in [1.165, 1.54) is 39.0 Å². The van der Waals surface area contributed by atoms with Crippen LogP contribution in [0.25, 0.3) is 16.7 Å². The molecule has 0 amide bonds. The molecule has 0 heterocycles. The van der Waals surface area contributed by atoms with Crippen molar-refractivity contribution >= 4 is 55.2 Å². The van der Waals surface area contributed by atoms with Crippen LogP contribution in [-0.4, -0.2) is 38.6 Å². The molecule has 0 unspecified atom stereocenters. The van der Waals surface area contributed by atoms with Crippen molar-refractivity contribution < 1.29 is 8.85 Å². The zero-order valence-electron chi connectivity index (χ0n) is 29.1. The summed E-state index contributed by atoms with van der Waals surface area (Å²) in [7, 11) is -9.04. The van der Waals surface area contributed by atoms with E-state index in [4.69, 9.17) is 14.6 Å². The summed E-state index contributed by atoms with van der Waals surface area (Å²) in [5.74, 6) is -0.962. The molecule has 2 N–H and O–H groups in total. The van der Waals surface area contributed by atoms with Crippen molar-refractivity contribution in [1.29, 1.82) is 0 Å². The molecule has 0 saturated carbocycles. The second-order valence-corrected chi connectivity index (χ2v) is 36.5. The normalized spacial score (nSPS) is 18.4. The number of fused-ring (bicyclic) bond motifs is 2. The Kier molecular flexibility index (Phi) is 8.21. The fourth-order valence-electron chi connectivity index (χ4n) is 8.66. The molecule has 5 rings (SSSR count). The van der Waals surface area contributed by atoms with Gasteiger partial charge in [-0.3, -0.25) is 0 Å². The highest BCUT2D eigenvalue weighted by Gasteiger charge is 2.73. The van der Waals surface area contributed by atoms with Crippen LogP contribution in [0.3, 0.4) is 0 Å². The van der Waals surface area contributed by atoms with Gasteiger partial charge in [-0.15, -0.1) is 0 Å². The van der Waals surface area contributed by atoms with Crippen molar-refractivity contribution in [1.82, 2.24) is 0 Å². The summed E-state index contributed by atoms with van der Waals surface area (Å²) in [5.41, 5.74) is 18.2. The average molecular weight is 656 g/mol. The monoisotopic (exact) mass is 655 g/mol. The summed E-state index contributed by atoms with van der Waals surface area (Å²) >= 11 is 0. The molecule has 44 heavy (non-hydrogen) atoms. The summed E-state index contributed by atoms with van der Waals surface area (Å²) in [6.07, 6.45) is 0.815. The molecule has 0 saturated heterocycles. The standard InChI is InChI=1S/C37H53NO2Si4/c1-41(2,3)37(42(4,5)6)34(28-22-17-14-18-23-28)32(27-20-15-13-16-21-27)30-26-29-24-19-25-31(38)33(29)35(30)36(37,39-43(7,8)9)40-44(10,11)12/h13-25H,26,38H2,1-12H3. The molecule has 234 valence electrons. The lowest BCUT2D eigenvalue weighted by molar-refractivity contribution is -0.0834. The zero-order valence-corrected chi connectivity index (χ0v) is 33.1. The Labute approximate surface area is 270 Å². The summed E-state index contributed by atoms with van der Waals surface area (Å²) < 4.78 is 15.5. The third-order valence-electron chi connectivity index (χ3n) is 9.13. The van der Waals surface area contributed by atoms with Crippen LogP contribution in [-0.2, 0) is 15.3 Å². The number of hydrogen-bond donors (Lipinski definition) is 1. The fraction of sp³-hybridized carbons (Fsp3) is 0.405. The van der Waals surface area contributed by atoms with E-state index in [0.29, 0.717) is 0 Å². The van der Waals surface area contributed by atoms with Crippen molar-refractivity contribution in [3.05, 3.63) is 107 Å². The highest BCUT2D eigenvalue weighted by Crippen LogP contribution is 2.74. The van der Waals surface area contributed by atoms with Gasteiger partial charge in [-0.2, -0.15) is 0 Å². The van der Waals surface area contributed by atoms with Gasteiger partial charge in [0.15, 0.2) is 22.4 Å². The Bertz CT molecular complexity index is 1590. The molecule has 0 fully saturated rings. The first-order valence-electron chi connectivity index (χ1n) is 16.1. The molecule has 0 aromatic heterocycles. The van der Waals surface area contributed by atoms with Crippen molar-refractivity contribution in [3.63, 3.8) is 0 Å². The lowest BCUT2D eigenvalue weighted by atomic mass is 9.75.